The summed E-state index contributed by atoms with van der Waals surface area (Å²) in [5.41, 5.74) is 2.14. The van der Waals surface area contributed by atoms with E-state index in [2.05, 4.69) is 10.6 Å². The van der Waals surface area contributed by atoms with Gasteiger partial charge in [0, 0.05) is 19.5 Å². The molecule has 0 spiro atoms. The van der Waals surface area contributed by atoms with Crippen LogP contribution in [0.15, 0.2) is 18.2 Å². The summed E-state index contributed by atoms with van der Waals surface area (Å²) < 4.78 is 5.23. The highest BCUT2D eigenvalue weighted by molar-refractivity contribution is 5.76. The molecule has 0 aliphatic heterocycles. The SMILES string of the molecule is CNCCC(=O)NCc1ccc(C)c(OC)c1. The summed E-state index contributed by atoms with van der Waals surface area (Å²) in [6.07, 6.45) is 0.500. The Morgan fingerprint density at radius 1 is 1.41 bits per heavy atom. The van der Waals surface area contributed by atoms with Crippen LogP contribution in [0.2, 0.25) is 0 Å². The van der Waals surface area contributed by atoms with Crippen LogP contribution in [0.1, 0.15) is 17.5 Å². The van der Waals surface area contributed by atoms with Crippen molar-refractivity contribution in [2.24, 2.45) is 0 Å². The average Bonchev–Trinajstić information content (AvgIpc) is 2.35. The quantitative estimate of drug-likeness (QED) is 0.781. The van der Waals surface area contributed by atoms with Crippen molar-refractivity contribution in [2.45, 2.75) is 19.9 Å². The molecule has 2 N–H and O–H groups in total. The van der Waals surface area contributed by atoms with Gasteiger partial charge in [-0.05, 0) is 31.2 Å². The zero-order valence-corrected chi connectivity index (χ0v) is 10.7. The molecule has 0 bridgehead atoms. The van der Waals surface area contributed by atoms with Crippen molar-refractivity contribution in [3.63, 3.8) is 0 Å². The van der Waals surface area contributed by atoms with E-state index in [1.807, 2.05) is 32.2 Å². The molecule has 1 amide bonds. The third kappa shape index (κ3) is 4.44. The number of hydrogen-bond acceptors (Lipinski definition) is 3. The first-order valence-electron chi connectivity index (χ1n) is 5.72. The minimum atomic E-state index is 0.0545. The summed E-state index contributed by atoms with van der Waals surface area (Å²) in [5.74, 6) is 0.908. The van der Waals surface area contributed by atoms with E-state index in [0.29, 0.717) is 19.5 Å². The normalized spacial score (nSPS) is 10.1. The largest absolute Gasteiger partial charge is 0.496 e. The molecule has 0 atom stereocenters. The smallest absolute Gasteiger partial charge is 0.221 e. The molecule has 1 rings (SSSR count). The molecule has 0 unspecified atom stereocenters. The molecule has 0 aliphatic rings. The maximum absolute atomic E-state index is 11.4. The van der Waals surface area contributed by atoms with Crippen molar-refractivity contribution in [3.8, 4) is 5.75 Å². The van der Waals surface area contributed by atoms with E-state index in [0.717, 1.165) is 16.9 Å². The molecule has 4 nitrogen and oxygen atoms in total. The molecular formula is C13H20N2O2. The van der Waals surface area contributed by atoms with E-state index < -0.39 is 0 Å². The van der Waals surface area contributed by atoms with E-state index in [4.69, 9.17) is 4.74 Å². The Labute approximate surface area is 102 Å². The molecule has 0 saturated heterocycles. The van der Waals surface area contributed by atoms with Crippen molar-refractivity contribution in [2.75, 3.05) is 20.7 Å². The lowest BCUT2D eigenvalue weighted by Gasteiger charge is -2.09. The Balaban J connectivity index is 2.49. The van der Waals surface area contributed by atoms with Crippen molar-refractivity contribution >= 4 is 5.91 Å². The fourth-order valence-electron chi connectivity index (χ4n) is 1.50. The van der Waals surface area contributed by atoms with Gasteiger partial charge in [0.2, 0.25) is 5.91 Å². The van der Waals surface area contributed by atoms with Crippen LogP contribution < -0.4 is 15.4 Å². The minimum absolute atomic E-state index is 0.0545. The Morgan fingerprint density at radius 3 is 2.82 bits per heavy atom. The second-order valence-corrected chi connectivity index (χ2v) is 3.93. The molecule has 0 aromatic heterocycles. The highest BCUT2D eigenvalue weighted by atomic mass is 16.5. The Kier molecular flexibility index (Phi) is 5.49. The van der Waals surface area contributed by atoms with Crippen molar-refractivity contribution < 1.29 is 9.53 Å². The zero-order chi connectivity index (χ0) is 12.7. The molecule has 17 heavy (non-hydrogen) atoms. The first kappa shape index (κ1) is 13.5. The number of aryl methyl sites for hydroxylation is 1. The van der Waals surface area contributed by atoms with Crippen LogP contribution in [0.5, 0.6) is 5.75 Å². The van der Waals surface area contributed by atoms with E-state index >= 15 is 0 Å². The van der Waals surface area contributed by atoms with Gasteiger partial charge in [0.05, 0.1) is 7.11 Å². The van der Waals surface area contributed by atoms with Gasteiger partial charge in [-0.1, -0.05) is 12.1 Å². The first-order chi connectivity index (χ1) is 8.17. The number of carbonyl (C=O) groups is 1. The van der Waals surface area contributed by atoms with Gasteiger partial charge in [0.15, 0.2) is 0 Å². The molecule has 1 aromatic carbocycles. The fraction of sp³-hybridized carbons (Fsp3) is 0.462. The van der Waals surface area contributed by atoms with E-state index in [1.54, 1.807) is 7.11 Å². The van der Waals surface area contributed by atoms with Crippen LogP contribution in [0.3, 0.4) is 0 Å². The van der Waals surface area contributed by atoms with Crippen molar-refractivity contribution in [3.05, 3.63) is 29.3 Å². The third-order valence-electron chi connectivity index (χ3n) is 2.56. The van der Waals surface area contributed by atoms with Gasteiger partial charge in [-0.3, -0.25) is 4.79 Å². The number of rotatable bonds is 6. The number of nitrogens with one attached hydrogen (secondary N) is 2. The van der Waals surface area contributed by atoms with Gasteiger partial charge >= 0.3 is 0 Å². The predicted octanol–water partition coefficient (Wildman–Crippen LogP) is 1.23. The first-order valence-corrected chi connectivity index (χ1v) is 5.72. The molecular weight excluding hydrogens is 216 g/mol. The van der Waals surface area contributed by atoms with Crippen LogP contribution in [0.25, 0.3) is 0 Å². The molecule has 0 aliphatic carbocycles. The number of amides is 1. The average molecular weight is 236 g/mol. The Bertz CT molecular complexity index is 378. The molecule has 0 heterocycles. The van der Waals surface area contributed by atoms with E-state index in [1.165, 1.54) is 0 Å². The number of carbonyl (C=O) groups excluding carboxylic acids is 1. The maximum atomic E-state index is 11.4. The van der Waals surface area contributed by atoms with Gasteiger partial charge in [-0.2, -0.15) is 0 Å². The molecule has 4 heteroatoms. The van der Waals surface area contributed by atoms with Gasteiger partial charge < -0.3 is 15.4 Å². The number of hydrogen-bond donors (Lipinski definition) is 2. The summed E-state index contributed by atoms with van der Waals surface area (Å²) in [4.78, 5) is 11.4. The molecule has 1 aromatic rings. The number of benzene rings is 1. The van der Waals surface area contributed by atoms with Gasteiger partial charge in [-0.25, -0.2) is 0 Å². The lowest BCUT2D eigenvalue weighted by atomic mass is 10.1. The summed E-state index contributed by atoms with van der Waals surface area (Å²) in [5, 5.41) is 5.81. The van der Waals surface area contributed by atoms with E-state index in [9.17, 15) is 4.79 Å². The Hall–Kier alpha value is -1.55. The number of methoxy groups -OCH3 is 1. The van der Waals surface area contributed by atoms with Crippen LogP contribution in [-0.2, 0) is 11.3 Å². The zero-order valence-electron chi connectivity index (χ0n) is 10.7. The lowest BCUT2D eigenvalue weighted by Crippen LogP contribution is -2.26. The van der Waals surface area contributed by atoms with Crippen molar-refractivity contribution in [1.29, 1.82) is 0 Å². The van der Waals surface area contributed by atoms with Gasteiger partial charge in [-0.15, -0.1) is 0 Å². The summed E-state index contributed by atoms with van der Waals surface area (Å²) >= 11 is 0. The Morgan fingerprint density at radius 2 is 2.18 bits per heavy atom. The fourth-order valence-corrected chi connectivity index (χ4v) is 1.50. The molecule has 94 valence electrons. The highest BCUT2D eigenvalue weighted by Gasteiger charge is 2.03. The predicted molar refractivity (Wildman–Crippen MR) is 68.1 cm³/mol. The monoisotopic (exact) mass is 236 g/mol. The topological polar surface area (TPSA) is 50.4 Å². The van der Waals surface area contributed by atoms with Crippen LogP contribution >= 0.6 is 0 Å². The summed E-state index contributed by atoms with van der Waals surface area (Å²) in [6.45, 7) is 3.23. The molecule has 0 fully saturated rings. The second-order valence-electron chi connectivity index (χ2n) is 3.93. The van der Waals surface area contributed by atoms with E-state index in [-0.39, 0.29) is 5.91 Å². The van der Waals surface area contributed by atoms with Crippen LogP contribution in [0, 0.1) is 6.92 Å². The summed E-state index contributed by atoms with van der Waals surface area (Å²) in [7, 11) is 3.48. The number of ether oxygens (including phenoxy) is 1. The maximum Gasteiger partial charge on any atom is 0.221 e. The minimum Gasteiger partial charge on any atom is -0.496 e. The standard InChI is InChI=1S/C13H20N2O2/c1-10-4-5-11(8-12(10)17-3)9-15-13(16)6-7-14-2/h4-5,8,14H,6-7,9H2,1-3H3,(H,15,16). The highest BCUT2D eigenvalue weighted by Crippen LogP contribution is 2.18. The van der Waals surface area contributed by atoms with Crippen LogP contribution in [0.4, 0.5) is 0 Å². The summed E-state index contributed by atoms with van der Waals surface area (Å²) in [6, 6.07) is 5.94. The van der Waals surface area contributed by atoms with Gasteiger partial charge in [0.1, 0.15) is 5.75 Å². The van der Waals surface area contributed by atoms with Gasteiger partial charge in [0.25, 0.3) is 0 Å². The second kappa shape index (κ2) is 6.91. The molecule has 0 radical (unpaired) electrons. The van der Waals surface area contributed by atoms with Crippen LogP contribution in [-0.4, -0.2) is 26.6 Å². The lowest BCUT2D eigenvalue weighted by molar-refractivity contribution is -0.121. The van der Waals surface area contributed by atoms with Crippen molar-refractivity contribution in [1.82, 2.24) is 10.6 Å². The third-order valence-corrected chi connectivity index (χ3v) is 2.56. The molecule has 0 saturated carbocycles.